The molecule has 6 heteroatoms. The van der Waals surface area contributed by atoms with Gasteiger partial charge in [0.25, 0.3) is 0 Å². The maximum Gasteiger partial charge on any atom is 0.226 e. The van der Waals surface area contributed by atoms with Gasteiger partial charge in [-0.25, -0.2) is 0 Å². The fourth-order valence-corrected chi connectivity index (χ4v) is 2.78. The molecule has 122 valence electrons. The first-order valence-electron chi connectivity index (χ1n) is 7.58. The second-order valence-electron chi connectivity index (χ2n) is 5.53. The molecule has 1 fully saturated rings. The van der Waals surface area contributed by atoms with Gasteiger partial charge >= 0.3 is 0 Å². The van der Waals surface area contributed by atoms with Gasteiger partial charge in [0, 0.05) is 32.2 Å². The third-order valence-electron chi connectivity index (χ3n) is 4.04. The Morgan fingerprint density at radius 3 is 2.65 bits per heavy atom. The van der Waals surface area contributed by atoms with E-state index in [1.807, 2.05) is 18.2 Å². The van der Waals surface area contributed by atoms with Gasteiger partial charge in [-0.3, -0.25) is 9.69 Å². The van der Waals surface area contributed by atoms with Gasteiger partial charge in [-0.15, -0.1) is 0 Å². The molecule has 2 heterocycles. The molecule has 1 aliphatic rings. The lowest BCUT2D eigenvalue weighted by Crippen LogP contribution is -2.46. The zero-order valence-electron chi connectivity index (χ0n) is 13.1. The third kappa shape index (κ3) is 3.48. The molecule has 1 aromatic heterocycles. The molecule has 1 saturated heterocycles. The summed E-state index contributed by atoms with van der Waals surface area (Å²) in [6.45, 7) is 4.05. The highest BCUT2D eigenvalue weighted by atomic mass is 16.5. The summed E-state index contributed by atoms with van der Waals surface area (Å²) < 4.78 is 10.7. The van der Waals surface area contributed by atoms with Crippen LogP contribution in [-0.2, 0) is 6.54 Å². The Morgan fingerprint density at radius 2 is 1.96 bits per heavy atom. The Balaban J connectivity index is 1.62. The summed E-state index contributed by atoms with van der Waals surface area (Å²) in [6, 6.07) is 9.35. The van der Waals surface area contributed by atoms with E-state index in [1.165, 1.54) is 6.07 Å². The highest BCUT2D eigenvalue weighted by Crippen LogP contribution is 2.28. The largest absolute Gasteiger partial charge is 0.502 e. The molecule has 0 aliphatic carbocycles. The van der Waals surface area contributed by atoms with Crippen LogP contribution in [0.4, 0.5) is 5.69 Å². The lowest BCUT2D eigenvalue weighted by atomic mass is 10.2. The van der Waals surface area contributed by atoms with E-state index < -0.39 is 5.43 Å². The van der Waals surface area contributed by atoms with Crippen molar-refractivity contribution in [1.82, 2.24) is 4.90 Å². The summed E-state index contributed by atoms with van der Waals surface area (Å²) in [6.07, 6.45) is 1.10. The summed E-state index contributed by atoms with van der Waals surface area (Å²) >= 11 is 0. The summed E-state index contributed by atoms with van der Waals surface area (Å²) in [4.78, 5) is 16.0. The van der Waals surface area contributed by atoms with Gasteiger partial charge in [0.15, 0.2) is 5.75 Å². The zero-order chi connectivity index (χ0) is 16.2. The molecule has 1 N–H and O–H groups in total. The molecule has 0 radical (unpaired) electrons. The number of piperazine rings is 1. The number of hydrogen-bond acceptors (Lipinski definition) is 6. The maximum absolute atomic E-state index is 11.4. The number of ether oxygens (including phenoxy) is 1. The second kappa shape index (κ2) is 6.75. The standard InChI is InChI=1S/C17H20N2O4/c1-22-17-5-3-2-4-14(17)19-8-6-18(7-9-19)11-13-10-15(20)16(21)12-23-13/h2-5,10,12,21H,6-9,11H2,1H3. The lowest BCUT2D eigenvalue weighted by molar-refractivity contribution is 0.226. The first-order valence-corrected chi connectivity index (χ1v) is 7.58. The van der Waals surface area contributed by atoms with Crippen LogP contribution in [0.2, 0.25) is 0 Å². The zero-order valence-corrected chi connectivity index (χ0v) is 13.1. The van der Waals surface area contributed by atoms with E-state index in [0.717, 1.165) is 43.9 Å². The van der Waals surface area contributed by atoms with Crippen molar-refractivity contribution in [3.8, 4) is 11.5 Å². The first kappa shape index (κ1) is 15.4. The number of aromatic hydroxyl groups is 1. The molecule has 23 heavy (non-hydrogen) atoms. The molecular formula is C17H20N2O4. The smallest absolute Gasteiger partial charge is 0.226 e. The number of methoxy groups -OCH3 is 1. The fourth-order valence-electron chi connectivity index (χ4n) is 2.78. The predicted molar refractivity (Wildman–Crippen MR) is 87.1 cm³/mol. The predicted octanol–water partition coefficient (Wildman–Crippen LogP) is 1.68. The van der Waals surface area contributed by atoms with Crippen LogP contribution in [-0.4, -0.2) is 43.3 Å². The third-order valence-corrected chi connectivity index (χ3v) is 4.04. The Labute approximate surface area is 134 Å². The monoisotopic (exact) mass is 316 g/mol. The molecule has 0 bridgehead atoms. The van der Waals surface area contributed by atoms with Crippen molar-refractivity contribution in [2.75, 3.05) is 38.2 Å². The maximum atomic E-state index is 11.4. The van der Waals surface area contributed by atoms with E-state index in [9.17, 15) is 9.90 Å². The molecule has 0 amide bonds. The number of benzene rings is 1. The summed E-state index contributed by atoms with van der Waals surface area (Å²) in [5.74, 6) is 1.10. The fraction of sp³-hybridized carbons (Fsp3) is 0.353. The van der Waals surface area contributed by atoms with Crippen LogP contribution in [0.25, 0.3) is 0 Å². The van der Waals surface area contributed by atoms with Crippen LogP contribution in [0.1, 0.15) is 5.76 Å². The van der Waals surface area contributed by atoms with Crippen molar-refractivity contribution >= 4 is 5.69 Å². The molecule has 1 aromatic carbocycles. The average Bonchev–Trinajstić information content (AvgIpc) is 2.59. The van der Waals surface area contributed by atoms with Gasteiger partial charge in [0.2, 0.25) is 5.43 Å². The molecule has 0 saturated carbocycles. The highest BCUT2D eigenvalue weighted by molar-refractivity contribution is 5.58. The van der Waals surface area contributed by atoms with Gasteiger partial charge in [-0.2, -0.15) is 0 Å². The van der Waals surface area contributed by atoms with E-state index in [4.69, 9.17) is 9.15 Å². The average molecular weight is 316 g/mol. The normalized spacial score (nSPS) is 15.6. The van der Waals surface area contributed by atoms with Crippen molar-refractivity contribution in [3.05, 3.63) is 52.6 Å². The Bertz CT molecular complexity index is 721. The van der Waals surface area contributed by atoms with Crippen molar-refractivity contribution in [2.24, 2.45) is 0 Å². The minimum atomic E-state index is -0.404. The van der Waals surface area contributed by atoms with Crippen molar-refractivity contribution < 1.29 is 14.3 Å². The van der Waals surface area contributed by atoms with Crippen molar-refractivity contribution in [2.45, 2.75) is 6.54 Å². The van der Waals surface area contributed by atoms with Crippen LogP contribution < -0.4 is 15.1 Å². The summed E-state index contributed by atoms with van der Waals surface area (Å²) in [7, 11) is 1.68. The van der Waals surface area contributed by atoms with E-state index in [-0.39, 0.29) is 5.75 Å². The molecule has 3 rings (SSSR count). The Morgan fingerprint density at radius 1 is 1.22 bits per heavy atom. The van der Waals surface area contributed by atoms with E-state index in [1.54, 1.807) is 7.11 Å². The van der Waals surface area contributed by atoms with Crippen LogP contribution in [0.15, 0.2) is 45.8 Å². The van der Waals surface area contributed by atoms with Crippen LogP contribution in [0.5, 0.6) is 11.5 Å². The molecule has 1 aliphatic heterocycles. The molecule has 0 atom stereocenters. The molecule has 0 spiro atoms. The summed E-state index contributed by atoms with van der Waals surface area (Å²) in [5, 5.41) is 9.22. The van der Waals surface area contributed by atoms with Gasteiger partial charge in [-0.05, 0) is 12.1 Å². The van der Waals surface area contributed by atoms with Gasteiger partial charge in [-0.1, -0.05) is 12.1 Å². The SMILES string of the molecule is COc1ccccc1N1CCN(Cc2cc(=O)c(O)co2)CC1. The minimum absolute atomic E-state index is 0.352. The first-order chi connectivity index (χ1) is 11.2. The van der Waals surface area contributed by atoms with E-state index in [2.05, 4.69) is 15.9 Å². The van der Waals surface area contributed by atoms with Gasteiger partial charge in [0.1, 0.15) is 17.8 Å². The van der Waals surface area contributed by atoms with Crippen LogP contribution in [0, 0.1) is 0 Å². The van der Waals surface area contributed by atoms with E-state index >= 15 is 0 Å². The molecular weight excluding hydrogens is 296 g/mol. The second-order valence-corrected chi connectivity index (χ2v) is 5.53. The number of anilines is 1. The van der Waals surface area contributed by atoms with Gasteiger partial charge in [0.05, 0.1) is 19.3 Å². The topological polar surface area (TPSA) is 66.2 Å². The quantitative estimate of drug-likeness (QED) is 0.926. The van der Waals surface area contributed by atoms with Crippen molar-refractivity contribution in [1.29, 1.82) is 0 Å². The van der Waals surface area contributed by atoms with E-state index in [0.29, 0.717) is 12.3 Å². The Kier molecular flexibility index (Phi) is 4.52. The molecule has 2 aromatic rings. The number of hydrogen-bond donors (Lipinski definition) is 1. The number of nitrogens with zero attached hydrogens (tertiary/aromatic N) is 2. The van der Waals surface area contributed by atoms with Crippen LogP contribution >= 0.6 is 0 Å². The van der Waals surface area contributed by atoms with Crippen LogP contribution in [0.3, 0.4) is 0 Å². The summed E-state index contributed by atoms with van der Waals surface area (Å²) in [5.41, 5.74) is 0.699. The molecule has 0 unspecified atom stereocenters. The molecule has 6 nitrogen and oxygen atoms in total. The van der Waals surface area contributed by atoms with Crippen molar-refractivity contribution in [3.63, 3.8) is 0 Å². The number of para-hydroxylation sites is 2. The lowest BCUT2D eigenvalue weighted by Gasteiger charge is -2.36. The Hall–Kier alpha value is -2.47. The highest BCUT2D eigenvalue weighted by Gasteiger charge is 2.20. The number of rotatable bonds is 4. The minimum Gasteiger partial charge on any atom is -0.502 e. The van der Waals surface area contributed by atoms with Gasteiger partial charge < -0.3 is 19.2 Å².